The first-order chi connectivity index (χ1) is 10.7. The third-order valence-corrected chi connectivity index (χ3v) is 5.88. The molecule has 0 amide bonds. The molecule has 1 aliphatic carbocycles. The Bertz CT molecular complexity index is 737. The van der Waals surface area contributed by atoms with Crippen LogP contribution in [0.15, 0.2) is 17.2 Å². The molecule has 0 unspecified atom stereocenters. The van der Waals surface area contributed by atoms with Gasteiger partial charge in [-0.2, -0.15) is 0 Å². The van der Waals surface area contributed by atoms with Gasteiger partial charge in [-0.3, -0.25) is 9.36 Å². The van der Waals surface area contributed by atoms with E-state index in [1.807, 2.05) is 6.07 Å². The first-order valence-corrected chi connectivity index (χ1v) is 8.70. The number of ether oxygens (including phenoxy) is 2. The van der Waals surface area contributed by atoms with Gasteiger partial charge in [-0.15, -0.1) is 11.3 Å². The molecule has 0 N–H and O–H groups in total. The molecule has 2 aliphatic rings. The second-order valence-corrected chi connectivity index (χ2v) is 7.46. The normalized spacial score (nSPS) is 28.1. The van der Waals surface area contributed by atoms with E-state index in [1.54, 1.807) is 22.2 Å². The summed E-state index contributed by atoms with van der Waals surface area (Å²) in [6, 6.07) is 1.99. The molecule has 3 heterocycles. The average molecular weight is 320 g/mol. The molecule has 0 bridgehead atoms. The minimum atomic E-state index is -0.0815. The summed E-state index contributed by atoms with van der Waals surface area (Å²) in [6.07, 6.45) is 4.59. The second-order valence-electron chi connectivity index (χ2n) is 6.35. The Kier molecular flexibility index (Phi) is 3.55. The zero-order valence-corrected chi connectivity index (χ0v) is 13.5. The molecule has 2 fully saturated rings. The fraction of sp³-hybridized carbons (Fsp3) is 0.625. The van der Waals surface area contributed by atoms with Crippen LogP contribution in [-0.2, 0) is 22.4 Å². The summed E-state index contributed by atoms with van der Waals surface area (Å²) in [5.41, 5.74) is 0.00431. The fourth-order valence-electron chi connectivity index (χ4n) is 3.57. The van der Waals surface area contributed by atoms with Crippen LogP contribution in [0.3, 0.4) is 0 Å². The van der Waals surface area contributed by atoms with Gasteiger partial charge >= 0.3 is 0 Å². The summed E-state index contributed by atoms with van der Waals surface area (Å²) < 4.78 is 13.1. The van der Waals surface area contributed by atoms with Gasteiger partial charge in [-0.1, -0.05) is 6.92 Å². The van der Waals surface area contributed by atoms with E-state index in [0.717, 1.165) is 36.0 Å². The monoisotopic (exact) mass is 320 g/mol. The highest BCUT2D eigenvalue weighted by molar-refractivity contribution is 7.18. The maximum atomic E-state index is 12.6. The van der Waals surface area contributed by atoms with Crippen LogP contribution < -0.4 is 5.56 Å². The molecule has 1 saturated heterocycles. The van der Waals surface area contributed by atoms with Gasteiger partial charge in [-0.05, 0) is 31.2 Å². The van der Waals surface area contributed by atoms with E-state index in [4.69, 9.17) is 9.47 Å². The van der Waals surface area contributed by atoms with Crippen LogP contribution in [0.5, 0.6) is 0 Å². The molecule has 1 aliphatic heterocycles. The van der Waals surface area contributed by atoms with Crippen molar-refractivity contribution < 1.29 is 9.47 Å². The summed E-state index contributed by atoms with van der Waals surface area (Å²) in [5, 5.41) is 0.760. The largest absolute Gasteiger partial charge is 0.376 e. The Morgan fingerprint density at radius 3 is 3.05 bits per heavy atom. The van der Waals surface area contributed by atoms with Crippen molar-refractivity contribution in [1.29, 1.82) is 0 Å². The topological polar surface area (TPSA) is 53.4 Å². The molecule has 5 nitrogen and oxygen atoms in total. The van der Waals surface area contributed by atoms with Crippen LogP contribution in [-0.4, -0.2) is 35.0 Å². The smallest absolute Gasteiger partial charge is 0.262 e. The molecular weight excluding hydrogens is 300 g/mol. The van der Waals surface area contributed by atoms with Crippen LogP contribution >= 0.6 is 11.3 Å². The minimum Gasteiger partial charge on any atom is -0.376 e. The van der Waals surface area contributed by atoms with Crippen molar-refractivity contribution in [1.82, 2.24) is 9.55 Å². The van der Waals surface area contributed by atoms with E-state index in [2.05, 4.69) is 11.9 Å². The summed E-state index contributed by atoms with van der Waals surface area (Å²) in [4.78, 5) is 19.1. The highest BCUT2D eigenvalue weighted by atomic mass is 32.1. The Morgan fingerprint density at radius 1 is 1.45 bits per heavy atom. The van der Waals surface area contributed by atoms with E-state index >= 15 is 0 Å². The molecule has 118 valence electrons. The number of nitrogens with zero attached hydrogens (tertiary/aromatic N) is 2. The first kappa shape index (κ1) is 14.4. The Labute approximate surface area is 132 Å². The van der Waals surface area contributed by atoms with E-state index < -0.39 is 0 Å². The lowest BCUT2D eigenvalue weighted by molar-refractivity contribution is -0.211. The maximum absolute atomic E-state index is 12.6. The van der Waals surface area contributed by atoms with Crippen molar-refractivity contribution in [3.8, 4) is 0 Å². The van der Waals surface area contributed by atoms with E-state index in [1.165, 1.54) is 4.88 Å². The summed E-state index contributed by atoms with van der Waals surface area (Å²) in [5.74, 6) is 0.475. The van der Waals surface area contributed by atoms with Gasteiger partial charge in [0.2, 0.25) is 0 Å². The van der Waals surface area contributed by atoms with Crippen molar-refractivity contribution in [3.05, 3.63) is 27.6 Å². The first-order valence-electron chi connectivity index (χ1n) is 7.89. The molecule has 0 atom stereocenters. The highest BCUT2D eigenvalue weighted by Crippen LogP contribution is 2.43. The van der Waals surface area contributed by atoms with Crippen LogP contribution in [0.1, 0.15) is 24.6 Å². The Morgan fingerprint density at radius 2 is 2.32 bits per heavy atom. The van der Waals surface area contributed by atoms with Gasteiger partial charge in [0.05, 0.1) is 37.1 Å². The zero-order valence-electron chi connectivity index (χ0n) is 12.7. The van der Waals surface area contributed by atoms with Crippen molar-refractivity contribution >= 4 is 21.6 Å². The molecular formula is C16H20N2O3S. The Hall–Kier alpha value is -1.24. The predicted octanol–water partition coefficient (Wildman–Crippen LogP) is 2.22. The Balaban J connectivity index is 1.51. The van der Waals surface area contributed by atoms with Crippen LogP contribution in [0.4, 0.5) is 0 Å². The van der Waals surface area contributed by atoms with Gasteiger partial charge in [0, 0.05) is 11.4 Å². The van der Waals surface area contributed by atoms with Crippen molar-refractivity contribution in [2.24, 2.45) is 5.92 Å². The lowest BCUT2D eigenvalue weighted by Crippen LogP contribution is -2.54. The molecule has 4 rings (SSSR count). The van der Waals surface area contributed by atoms with Crippen LogP contribution in [0.2, 0.25) is 0 Å². The van der Waals surface area contributed by atoms with E-state index in [0.29, 0.717) is 25.7 Å². The molecule has 2 aromatic heterocycles. The molecule has 6 heteroatoms. The fourth-order valence-corrected chi connectivity index (χ4v) is 4.49. The van der Waals surface area contributed by atoms with Gasteiger partial charge in [0.15, 0.2) is 0 Å². The molecule has 2 aromatic rings. The number of thiophene rings is 1. The van der Waals surface area contributed by atoms with Crippen molar-refractivity contribution in [3.63, 3.8) is 0 Å². The minimum absolute atomic E-state index is 0.0815. The predicted molar refractivity (Wildman–Crippen MR) is 85.5 cm³/mol. The average Bonchev–Trinajstić information content (AvgIpc) is 2.93. The summed E-state index contributed by atoms with van der Waals surface area (Å²) in [7, 11) is 0. The van der Waals surface area contributed by atoms with Gasteiger partial charge in [0.1, 0.15) is 4.83 Å². The summed E-state index contributed by atoms with van der Waals surface area (Å²) in [6.45, 7) is 4.91. The number of aryl methyl sites for hydroxylation is 1. The van der Waals surface area contributed by atoms with Crippen LogP contribution in [0, 0.1) is 5.92 Å². The lowest BCUT2D eigenvalue weighted by Gasteiger charge is -2.49. The van der Waals surface area contributed by atoms with Gasteiger partial charge in [-0.25, -0.2) is 4.98 Å². The number of fused-ring (bicyclic) bond motifs is 1. The quantitative estimate of drug-likeness (QED) is 0.870. The molecule has 22 heavy (non-hydrogen) atoms. The second kappa shape index (κ2) is 5.44. The summed E-state index contributed by atoms with van der Waals surface area (Å²) >= 11 is 1.62. The highest BCUT2D eigenvalue weighted by Gasteiger charge is 2.46. The molecule has 1 saturated carbocycles. The maximum Gasteiger partial charge on any atom is 0.262 e. The third-order valence-electron chi connectivity index (χ3n) is 4.69. The number of rotatable bonds is 3. The van der Waals surface area contributed by atoms with Crippen LogP contribution in [0.25, 0.3) is 10.2 Å². The lowest BCUT2D eigenvalue weighted by atomic mass is 9.70. The molecule has 0 aromatic carbocycles. The van der Waals surface area contributed by atoms with Gasteiger partial charge < -0.3 is 9.47 Å². The van der Waals surface area contributed by atoms with E-state index in [-0.39, 0.29) is 11.2 Å². The number of aromatic nitrogens is 2. The third kappa shape index (κ3) is 2.39. The SMILES string of the molecule is CCc1cc2c(=O)n(CC3CC4(COCCO4)C3)cnc2s1. The van der Waals surface area contributed by atoms with Crippen molar-refractivity contribution in [2.45, 2.75) is 38.3 Å². The molecule has 0 radical (unpaired) electrons. The van der Waals surface area contributed by atoms with E-state index in [9.17, 15) is 4.79 Å². The van der Waals surface area contributed by atoms with Crippen molar-refractivity contribution in [2.75, 3.05) is 19.8 Å². The zero-order chi connectivity index (χ0) is 15.2. The molecule has 1 spiro atoms. The van der Waals surface area contributed by atoms with Gasteiger partial charge in [0.25, 0.3) is 5.56 Å². The standard InChI is InChI=1S/C16H20N2O3S/c1-2-12-5-13-14(22-12)17-10-18(15(13)19)8-11-6-16(7-11)9-20-3-4-21-16/h5,10-11H,2-4,6-9H2,1H3. The number of hydrogen-bond acceptors (Lipinski definition) is 5. The number of hydrogen-bond donors (Lipinski definition) is 0.